The van der Waals surface area contributed by atoms with Crippen LogP contribution in [0, 0.1) is 0 Å². The number of hydrogen-bond acceptors (Lipinski definition) is 4. The molecule has 0 saturated carbocycles. The zero-order chi connectivity index (χ0) is 18.1. The molecule has 0 aliphatic heterocycles. The van der Waals surface area contributed by atoms with E-state index in [1.807, 2.05) is 24.3 Å². The van der Waals surface area contributed by atoms with Crippen molar-refractivity contribution in [2.45, 2.75) is 6.42 Å². The van der Waals surface area contributed by atoms with Crippen molar-refractivity contribution in [3.8, 4) is 0 Å². The number of amides is 1. The molecule has 0 aliphatic carbocycles. The summed E-state index contributed by atoms with van der Waals surface area (Å²) in [7, 11) is 0. The van der Waals surface area contributed by atoms with Gasteiger partial charge < -0.3 is 5.32 Å². The number of benzene rings is 2. The Morgan fingerprint density at radius 3 is 2.77 bits per heavy atom. The average Bonchev–Trinajstić information content (AvgIpc) is 2.64. The van der Waals surface area contributed by atoms with Crippen LogP contribution in [0.15, 0.2) is 64.0 Å². The van der Waals surface area contributed by atoms with Crippen molar-refractivity contribution < 1.29 is 4.79 Å². The van der Waals surface area contributed by atoms with Crippen LogP contribution in [0.5, 0.6) is 0 Å². The van der Waals surface area contributed by atoms with E-state index in [1.54, 1.807) is 30.5 Å². The van der Waals surface area contributed by atoms with Gasteiger partial charge in [-0.25, -0.2) is 5.10 Å². The van der Waals surface area contributed by atoms with Crippen molar-refractivity contribution in [1.29, 1.82) is 0 Å². The Morgan fingerprint density at radius 1 is 1.12 bits per heavy atom. The lowest BCUT2D eigenvalue weighted by Gasteiger charge is -2.09. The number of para-hydroxylation sites is 1. The Kier molecular flexibility index (Phi) is 4.22. The SMILES string of the molecule is O=C(Cc1n[nH]c(=O)c2ccccc12)Nc1cccc2cc(Br)cnc12. The van der Waals surface area contributed by atoms with Crippen molar-refractivity contribution in [2.75, 3.05) is 5.32 Å². The lowest BCUT2D eigenvalue weighted by Crippen LogP contribution is -2.18. The number of hydrogen-bond donors (Lipinski definition) is 2. The third kappa shape index (κ3) is 3.09. The first-order valence-corrected chi connectivity index (χ1v) is 8.71. The van der Waals surface area contributed by atoms with Gasteiger partial charge in [-0.15, -0.1) is 0 Å². The van der Waals surface area contributed by atoms with Gasteiger partial charge in [-0.2, -0.15) is 5.10 Å². The highest BCUT2D eigenvalue weighted by molar-refractivity contribution is 9.10. The lowest BCUT2D eigenvalue weighted by atomic mass is 10.1. The zero-order valence-corrected chi connectivity index (χ0v) is 15.1. The number of aromatic amines is 1. The van der Waals surface area contributed by atoms with Crippen LogP contribution in [0.25, 0.3) is 21.7 Å². The van der Waals surface area contributed by atoms with E-state index in [-0.39, 0.29) is 17.9 Å². The number of nitrogens with one attached hydrogen (secondary N) is 2. The first-order chi connectivity index (χ1) is 12.6. The van der Waals surface area contributed by atoms with Crippen molar-refractivity contribution in [3.05, 3.63) is 75.2 Å². The molecule has 0 atom stereocenters. The molecule has 0 bridgehead atoms. The summed E-state index contributed by atoms with van der Waals surface area (Å²) in [6.07, 6.45) is 1.74. The normalized spacial score (nSPS) is 11.0. The first-order valence-electron chi connectivity index (χ1n) is 7.92. The fourth-order valence-corrected chi connectivity index (χ4v) is 3.24. The Hall–Kier alpha value is -3.06. The van der Waals surface area contributed by atoms with Gasteiger partial charge >= 0.3 is 0 Å². The number of carbonyl (C=O) groups excluding carboxylic acids is 1. The molecule has 0 aliphatic rings. The highest BCUT2D eigenvalue weighted by Gasteiger charge is 2.12. The van der Waals surface area contributed by atoms with Gasteiger partial charge in [0, 0.05) is 21.4 Å². The van der Waals surface area contributed by atoms with Gasteiger partial charge in [0.25, 0.3) is 5.56 Å². The van der Waals surface area contributed by atoms with E-state index in [0.717, 1.165) is 9.86 Å². The van der Waals surface area contributed by atoms with Crippen LogP contribution in [-0.2, 0) is 11.2 Å². The number of nitrogens with zero attached hydrogens (tertiary/aromatic N) is 2. The number of halogens is 1. The van der Waals surface area contributed by atoms with E-state index in [9.17, 15) is 9.59 Å². The maximum absolute atomic E-state index is 12.5. The molecule has 2 aromatic carbocycles. The van der Waals surface area contributed by atoms with E-state index in [1.165, 1.54) is 0 Å². The second-order valence-corrected chi connectivity index (χ2v) is 6.72. The minimum atomic E-state index is -0.270. The number of fused-ring (bicyclic) bond motifs is 2. The predicted molar refractivity (Wildman–Crippen MR) is 104 cm³/mol. The molecule has 0 saturated heterocycles. The van der Waals surface area contributed by atoms with Gasteiger partial charge in [0.1, 0.15) is 0 Å². The summed E-state index contributed by atoms with van der Waals surface area (Å²) in [5.41, 5.74) is 1.60. The molecular weight excluding hydrogens is 396 g/mol. The molecule has 2 heterocycles. The molecule has 7 heteroatoms. The summed E-state index contributed by atoms with van der Waals surface area (Å²) >= 11 is 3.39. The Balaban J connectivity index is 1.65. The van der Waals surface area contributed by atoms with E-state index in [2.05, 4.69) is 36.4 Å². The molecule has 0 radical (unpaired) electrons. The third-order valence-corrected chi connectivity index (χ3v) is 4.49. The largest absolute Gasteiger partial charge is 0.324 e. The number of H-pyrrole nitrogens is 1. The zero-order valence-electron chi connectivity index (χ0n) is 13.5. The fourth-order valence-electron chi connectivity index (χ4n) is 2.89. The van der Waals surface area contributed by atoms with Gasteiger partial charge in [0.15, 0.2) is 0 Å². The molecule has 2 N–H and O–H groups in total. The monoisotopic (exact) mass is 408 g/mol. The topological polar surface area (TPSA) is 87.7 Å². The van der Waals surface area contributed by atoms with Gasteiger partial charge in [-0.1, -0.05) is 30.3 Å². The molecule has 0 spiro atoms. The minimum absolute atomic E-state index is 0.0458. The molecule has 26 heavy (non-hydrogen) atoms. The van der Waals surface area contributed by atoms with Crippen LogP contribution >= 0.6 is 15.9 Å². The molecule has 4 rings (SSSR count). The van der Waals surface area contributed by atoms with Crippen LogP contribution in [0.1, 0.15) is 5.69 Å². The van der Waals surface area contributed by atoms with Gasteiger partial charge in [-0.05, 0) is 34.1 Å². The van der Waals surface area contributed by atoms with Crippen LogP contribution in [0.4, 0.5) is 5.69 Å². The lowest BCUT2D eigenvalue weighted by molar-refractivity contribution is -0.115. The number of pyridine rings is 1. The van der Waals surface area contributed by atoms with E-state index in [4.69, 9.17) is 0 Å². The third-order valence-electron chi connectivity index (χ3n) is 4.05. The van der Waals surface area contributed by atoms with Crippen LogP contribution < -0.4 is 10.9 Å². The van der Waals surface area contributed by atoms with Crippen LogP contribution in [-0.4, -0.2) is 21.1 Å². The van der Waals surface area contributed by atoms with Crippen molar-refractivity contribution >= 4 is 49.2 Å². The summed E-state index contributed by atoms with van der Waals surface area (Å²) in [5.74, 6) is -0.230. The molecular formula is C19H13BrN4O2. The van der Waals surface area contributed by atoms with Crippen molar-refractivity contribution in [2.24, 2.45) is 0 Å². The molecule has 6 nitrogen and oxygen atoms in total. The predicted octanol–water partition coefficient (Wildman–Crippen LogP) is 3.42. The Bertz CT molecular complexity index is 1200. The summed E-state index contributed by atoms with van der Waals surface area (Å²) < 4.78 is 0.873. The average molecular weight is 409 g/mol. The van der Waals surface area contributed by atoms with E-state index >= 15 is 0 Å². The van der Waals surface area contributed by atoms with Crippen LogP contribution in [0.3, 0.4) is 0 Å². The van der Waals surface area contributed by atoms with Gasteiger partial charge in [0.05, 0.1) is 28.7 Å². The maximum atomic E-state index is 12.5. The summed E-state index contributed by atoms with van der Waals surface area (Å²) in [6.45, 7) is 0. The quantitative estimate of drug-likeness (QED) is 0.543. The number of anilines is 1. The van der Waals surface area contributed by atoms with E-state index in [0.29, 0.717) is 27.7 Å². The summed E-state index contributed by atoms with van der Waals surface area (Å²) in [6, 6.07) is 14.6. The molecule has 4 aromatic rings. The van der Waals surface area contributed by atoms with Crippen molar-refractivity contribution in [3.63, 3.8) is 0 Å². The number of carbonyl (C=O) groups is 1. The molecule has 128 valence electrons. The van der Waals surface area contributed by atoms with E-state index < -0.39 is 0 Å². The highest BCUT2D eigenvalue weighted by Crippen LogP contribution is 2.24. The first kappa shape index (κ1) is 16.4. The highest BCUT2D eigenvalue weighted by atomic mass is 79.9. The standard InChI is InChI=1S/C19H13BrN4O2/c20-12-8-11-4-3-7-15(18(11)21-10-12)22-17(25)9-16-13-5-1-2-6-14(13)19(26)24-23-16/h1-8,10H,9H2,(H,22,25)(H,24,26). The molecule has 1 amide bonds. The van der Waals surface area contributed by atoms with Crippen LogP contribution in [0.2, 0.25) is 0 Å². The molecule has 2 aromatic heterocycles. The van der Waals surface area contributed by atoms with Gasteiger partial charge in [-0.3, -0.25) is 14.6 Å². The number of aromatic nitrogens is 3. The Morgan fingerprint density at radius 2 is 1.92 bits per heavy atom. The fraction of sp³-hybridized carbons (Fsp3) is 0.0526. The smallest absolute Gasteiger partial charge is 0.272 e. The number of rotatable bonds is 3. The summed E-state index contributed by atoms with van der Waals surface area (Å²) in [5, 5.41) is 11.5. The van der Waals surface area contributed by atoms with Crippen molar-refractivity contribution in [1.82, 2.24) is 15.2 Å². The van der Waals surface area contributed by atoms with Gasteiger partial charge in [0.2, 0.25) is 5.91 Å². The molecule has 0 unspecified atom stereocenters. The summed E-state index contributed by atoms with van der Waals surface area (Å²) in [4.78, 5) is 28.8. The molecule has 0 fully saturated rings. The second kappa shape index (κ2) is 6.68. The Labute approximate surface area is 156 Å². The second-order valence-electron chi connectivity index (χ2n) is 5.80. The minimum Gasteiger partial charge on any atom is -0.324 e. The maximum Gasteiger partial charge on any atom is 0.272 e.